The van der Waals surface area contributed by atoms with Gasteiger partial charge in [-0.2, -0.15) is 0 Å². The van der Waals surface area contributed by atoms with Gasteiger partial charge in [-0.3, -0.25) is 4.98 Å². The molecule has 0 bridgehead atoms. The van der Waals surface area contributed by atoms with Crippen LogP contribution in [0.2, 0.25) is 5.02 Å². The van der Waals surface area contributed by atoms with Crippen molar-refractivity contribution in [3.05, 3.63) is 107 Å². The van der Waals surface area contributed by atoms with Crippen LogP contribution in [-0.2, 0) is 0 Å². The Morgan fingerprint density at radius 2 is 1.76 bits per heavy atom. The lowest BCUT2D eigenvalue weighted by molar-refractivity contribution is 0.412. The number of aromatic nitrogens is 2. The number of hydrogen-bond acceptors (Lipinski definition) is 3. The Hall–Kier alpha value is -3.35. The van der Waals surface area contributed by atoms with E-state index in [-0.39, 0.29) is 12.1 Å². The number of para-hydroxylation sites is 1. The van der Waals surface area contributed by atoms with Gasteiger partial charge in [0.15, 0.2) is 5.11 Å². The number of thiocarbonyl (C=S) groups is 1. The number of halogens is 1. The summed E-state index contributed by atoms with van der Waals surface area (Å²) < 4.78 is 7.86. The standard InChI is InChI=1S/C27H25ClN4OS/c1-17-15-21(18(2)31(17)23-16-19(28)12-13-24(23)33-3)26-25(22-11-7-8-14-29-22)30-27(34)32(26)20-9-5-4-6-10-20/h4-16,25-26H,1-3H3,(H,30,34)/t25-,26+/m1/s1. The number of hydrogen-bond donors (Lipinski definition) is 1. The smallest absolute Gasteiger partial charge is 0.174 e. The molecule has 2 aromatic carbocycles. The van der Waals surface area contributed by atoms with Gasteiger partial charge in [0.2, 0.25) is 0 Å². The summed E-state index contributed by atoms with van der Waals surface area (Å²) in [5, 5.41) is 4.87. The molecule has 0 saturated carbocycles. The second-order valence-corrected chi connectivity index (χ2v) is 9.13. The molecule has 0 aliphatic carbocycles. The summed E-state index contributed by atoms with van der Waals surface area (Å²) in [7, 11) is 1.68. The van der Waals surface area contributed by atoms with E-state index in [1.54, 1.807) is 7.11 Å². The molecule has 2 atom stereocenters. The van der Waals surface area contributed by atoms with Crippen LogP contribution in [0.15, 0.2) is 79.0 Å². The van der Waals surface area contributed by atoms with Crippen LogP contribution in [0.25, 0.3) is 5.69 Å². The summed E-state index contributed by atoms with van der Waals surface area (Å²) in [5.41, 5.74) is 6.22. The first-order valence-electron chi connectivity index (χ1n) is 11.1. The molecule has 1 aliphatic heterocycles. The van der Waals surface area contributed by atoms with Crippen LogP contribution in [0, 0.1) is 13.8 Å². The molecule has 0 amide bonds. The minimum absolute atomic E-state index is 0.0880. The van der Waals surface area contributed by atoms with E-state index in [0.29, 0.717) is 10.1 Å². The fourth-order valence-corrected chi connectivity index (χ4v) is 5.35. The van der Waals surface area contributed by atoms with E-state index in [1.807, 2.05) is 60.8 Å². The van der Waals surface area contributed by atoms with Crippen LogP contribution in [0.3, 0.4) is 0 Å². The Labute approximate surface area is 210 Å². The number of aryl methyl sites for hydroxylation is 1. The van der Waals surface area contributed by atoms with Gasteiger partial charge in [-0.25, -0.2) is 0 Å². The largest absolute Gasteiger partial charge is 0.495 e. The van der Waals surface area contributed by atoms with Gasteiger partial charge in [-0.1, -0.05) is 35.9 Å². The van der Waals surface area contributed by atoms with Gasteiger partial charge in [0.25, 0.3) is 0 Å². The van der Waals surface area contributed by atoms with Crippen molar-refractivity contribution in [1.82, 2.24) is 14.9 Å². The number of ether oxygens (including phenoxy) is 1. The minimum Gasteiger partial charge on any atom is -0.495 e. The molecule has 2 aromatic heterocycles. The highest BCUT2D eigenvalue weighted by Gasteiger charge is 2.42. The first-order chi connectivity index (χ1) is 16.5. The van der Waals surface area contributed by atoms with Crippen molar-refractivity contribution in [3.63, 3.8) is 0 Å². The molecular weight excluding hydrogens is 464 g/mol. The van der Waals surface area contributed by atoms with Crippen LogP contribution in [0.5, 0.6) is 5.75 Å². The number of methoxy groups -OCH3 is 1. The monoisotopic (exact) mass is 488 g/mol. The first-order valence-corrected chi connectivity index (χ1v) is 11.9. The number of anilines is 1. The lowest BCUT2D eigenvalue weighted by Crippen LogP contribution is -2.29. The summed E-state index contributed by atoms with van der Waals surface area (Å²) in [6.45, 7) is 4.23. The fraction of sp³-hybridized carbons (Fsp3) is 0.185. The predicted molar refractivity (Wildman–Crippen MR) is 141 cm³/mol. The van der Waals surface area contributed by atoms with E-state index in [0.717, 1.165) is 39.8 Å². The second kappa shape index (κ2) is 9.12. The number of rotatable bonds is 5. The Morgan fingerprint density at radius 1 is 1.00 bits per heavy atom. The maximum Gasteiger partial charge on any atom is 0.174 e. The molecule has 0 unspecified atom stereocenters. The van der Waals surface area contributed by atoms with Crippen LogP contribution < -0.4 is 15.0 Å². The quantitative estimate of drug-likeness (QED) is 0.332. The minimum atomic E-state index is -0.107. The Morgan fingerprint density at radius 3 is 2.47 bits per heavy atom. The fourth-order valence-electron chi connectivity index (χ4n) is 4.83. The second-order valence-electron chi connectivity index (χ2n) is 8.31. The van der Waals surface area contributed by atoms with Gasteiger partial charge < -0.3 is 19.5 Å². The van der Waals surface area contributed by atoms with Crippen LogP contribution in [0.1, 0.15) is 34.7 Å². The van der Waals surface area contributed by atoms with E-state index in [2.05, 4.69) is 51.8 Å². The molecule has 1 N–H and O–H groups in total. The van der Waals surface area contributed by atoms with Crippen molar-refractivity contribution in [2.45, 2.75) is 25.9 Å². The van der Waals surface area contributed by atoms with Crippen molar-refractivity contribution in [2.75, 3.05) is 12.0 Å². The molecule has 1 fully saturated rings. The summed E-state index contributed by atoms with van der Waals surface area (Å²) in [6.07, 6.45) is 1.82. The molecular formula is C27H25ClN4OS. The van der Waals surface area contributed by atoms with Crippen LogP contribution >= 0.6 is 23.8 Å². The highest BCUT2D eigenvalue weighted by molar-refractivity contribution is 7.80. The molecule has 5 rings (SSSR count). The number of nitrogens with one attached hydrogen (secondary N) is 1. The van der Waals surface area contributed by atoms with Crippen molar-refractivity contribution in [1.29, 1.82) is 0 Å². The molecule has 4 aromatic rings. The summed E-state index contributed by atoms with van der Waals surface area (Å²) in [4.78, 5) is 6.85. The topological polar surface area (TPSA) is 42.3 Å². The summed E-state index contributed by atoms with van der Waals surface area (Å²) in [6, 6.07) is 23.9. The molecule has 172 valence electrons. The maximum atomic E-state index is 6.38. The highest BCUT2D eigenvalue weighted by Crippen LogP contribution is 2.44. The van der Waals surface area contributed by atoms with Crippen LogP contribution in [-0.4, -0.2) is 21.8 Å². The van der Waals surface area contributed by atoms with E-state index >= 15 is 0 Å². The lowest BCUT2D eigenvalue weighted by Gasteiger charge is -2.28. The van der Waals surface area contributed by atoms with Gasteiger partial charge in [0.05, 0.1) is 30.6 Å². The van der Waals surface area contributed by atoms with Crippen molar-refractivity contribution >= 4 is 34.6 Å². The number of benzene rings is 2. The third-order valence-corrected chi connectivity index (χ3v) is 6.85. The third-order valence-electron chi connectivity index (χ3n) is 6.30. The summed E-state index contributed by atoms with van der Waals surface area (Å²) >= 11 is 12.2. The van der Waals surface area contributed by atoms with E-state index in [1.165, 1.54) is 0 Å². The highest BCUT2D eigenvalue weighted by atomic mass is 35.5. The lowest BCUT2D eigenvalue weighted by atomic mass is 9.96. The van der Waals surface area contributed by atoms with Gasteiger partial charge in [-0.05, 0) is 80.2 Å². The Balaban J connectivity index is 1.70. The van der Waals surface area contributed by atoms with E-state index in [9.17, 15) is 0 Å². The van der Waals surface area contributed by atoms with Crippen molar-refractivity contribution in [3.8, 4) is 11.4 Å². The number of nitrogens with zero attached hydrogens (tertiary/aromatic N) is 3. The molecule has 34 heavy (non-hydrogen) atoms. The van der Waals surface area contributed by atoms with E-state index in [4.69, 9.17) is 28.6 Å². The molecule has 7 heteroatoms. The van der Waals surface area contributed by atoms with Gasteiger partial charge in [0, 0.05) is 28.3 Å². The molecule has 5 nitrogen and oxygen atoms in total. The molecule has 1 saturated heterocycles. The number of pyridine rings is 1. The predicted octanol–water partition coefficient (Wildman–Crippen LogP) is 6.33. The zero-order chi connectivity index (χ0) is 23.8. The van der Waals surface area contributed by atoms with Crippen molar-refractivity contribution in [2.24, 2.45) is 0 Å². The average Bonchev–Trinajstić information content (AvgIpc) is 3.35. The maximum absolute atomic E-state index is 6.38. The Bertz CT molecular complexity index is 1340. The van der Waals surface area contributed by atoms with Crippen LogP contribution in [0.4, 0.5) is 5.69 Å². The van der Waals surface area contributed by atoms with Gasteiger partial charge in [0.1, 0.15) is 5.75 Å². The van der Waals surface area contributed by atoms with E-state index < -0.39 is 0 Å². The average molecular weight is 489 g/mol. The first kappa shape index (κ1) is 22.4. The Kier molecular flexibility index (Phi) is 6.02. The molecule has 1 aliphatic rings. The molecule has 0 radical (unpaired) electrons. The SMILES string of the molecule is COc1ccc(Cl)cc1-n1c(C)cc([C@H]2[C@@H](c3ccccn3)NC(=S)N2c2ccccc2)c1C. The zero-order valence-corrected chi connectivity index (χ0v) is 20.8. The molecule has 3 heterocycles. The normalized spacial score (nSPS) is 17.6. The van der Waals surface area contributed by atoms with Gasteiger partial charge in [-0.15, -0.1) is 0 Å². The zero-order valence-electron chi connectivity index (χ0n) is 19.2. The third kappa shape index (κ3) is 3.83. The summed E-state index contributed by atoms with van der Waals surface area (Å²) in [5.74, 6) is 0.763. The van der Waals surface area contributed by atoms with Crippen molar-refractivity contribution < 1.29 is 4.74 Å². The molecule has 0 spiro atoms. The van der Waals surface area contributed by atoms with Gasteiger partial charge >= 0.3 is 0 Å².